The average Bonchev–Trinajstić information content (AvgIpc) is 3.39. The quantitative estimate of drug-likeness (QED) is 0.512. The Kier molecular flexibility index (Phi) is 6.61. The van der Waals surface area contributed by atoms with Crippen molar-refractivity contribution in [3.63, 3.8) is 0 Å². The molecule has 0 unspecified atom stereocenters. The monoisotopic (exact) mass is 505 g/mol. The van der Waals surface area contributed by atoms with Gasteiger partial charge < -0.3 is 29.7 Å². The van der Waals surface area contributed by atoms with Crippen LogP contribution in [-0.2, 0) is 4.79 Å². The van der Waals surface area contributed by atoms with Crippen molar-refractivity contribution in [3.8, 4) is 11.5 Å². The van der Waals surface area contributed by atoms with Crippen molar-refractivity contribution in [2.45, 2.75) is 25.0 Å². The summed E-state index contributed by atoms with van der Waals surface area (Å²) in [6.07, 6.45) is 1.01. The highest BCUT2D eigenvalue weighted by Gasteiger charge is 2.33. The molecule has 7 nitrogen and oxygen atoms in total. The maximum atomic E-state index is 13.5. The van der Waals surface area contributed by atoms with Gasteiger partial charge >= 0.3 is 0 Å². The maximum absolute atomic E-state index is 13.5. The van der Waals surface area contributed by atoms with Gasteiger partial charge in [-0.3, -0.25) is 4.79 Å². The van der Waals surface area contributed by atoms with Gasteiger partial charge in [0, 0.05) is 25.3 Å². The van der Waals surface area contributed by atoms with Crippen molar-refractivity contribution in [1.29, 1.82) is 0 Å². The van der Waals surface area contributed by atoms with Crippen molar-refractivity contribution in [2.75, 3.05) is 50.8 Å². The van der Waals surface area contributed by atoms with Gasteiger partial charge in [0.1, 0.15) is 25.1 Å². The number of likely N-dealkylation sites (tertiary alicyclic amines) is 1. The highest BCUT2D eigenvalue weighted by molar-refractivity contribution is 5.86. The summed E-state index contributed by atoms with van der Waals surface area (Å²) in [4.78, 5) is 17.8. The summed E-state index contributed by atoms with van der Waals surface area (Å²) in [5.41, 5.74) is 1.73. The van der Waals surface area contributed by atoms with E-state index in [1.165, 1.54) is 12.1 Å². The first-order valence-corrected chi connectivity index (χ1v) is 13.1. The summed E-state index contributed by atoms with van der Waals surface area (Å²) in [5, 5.41) is 16.3. The Bertz CT molecular complexity index is 1300. The number of nitrogens with zero attached hydrogens (tertiary/aromatic N) is 2. The molecule has 0 spiro atoms. The zero-order valence-corrected chi connectivity index (χ0v) is 20.7. The Morgan fingerprint density at radius 1 is 1.00 bits per heavy atom. The number of nitrogens with one attached hydrogen (secondary N) is 1. The van der Waals surface area contributed by atoms with Gasteiger partial charge in [0.2, 0.25) is 5.91 Å². The summed E-state index contributed by atoms with van der Waals surface area (Å²) < 4.78 is 24.8. The number of fused-ring (bicyclic) bond motifs is 2. The van der Waals surface area contributed by atoms with Gasteiger partial charge in [0.25, 0.3) is 0 Å². The largest absolute Gasteiger partial charge is 0.486 e. The van der Waals surface area contributed by atoms with Crippen LogP contribution < -0.4 is 19.7 Å². The number of amides is 1. The molecule has 3 aromatic rings. The molecule has 3 aliphatic rings. The van der Waals surface area contributed by atoms with Crippen LogP contribution in [0, 0.1) is 11.7 Å². The SMILES string of the molecule is O=C(N[C@H](CN1CCC1)[C@H](O)c1ccc2c(c1)OCCO2)[C@@H]1CCN(c2ccc3cc(F)ccc3c2)C1. The van der Waals surface area contributed by atoms with Crippen LogP contribution in [0.1, 0.15) is 24.5 Å². The summed E-state index contributed by atoms with van der Waals surface area (Å²) in [6.45, 7) is 4.92. The summed E-state index contributed by atoms with van der Waals surface area (Å²) in [6, 6.07) is 15.8. The van der Waals surface area contributed by atoms with Gasteiger partial charge in [-0.25, -0.2) is 4.39 Å². The van der Waals surface area contributed by atoms with Gasteiger partial charge in [-0.05, 0) is 78.7 Å². The molecule has 6 rings (SSSR count). The fraction of sp³-hybridized carbons (Fsp3) is 0.414. The van der Waals surface area contributed by atoms with Crippen molar-refractivity contribution in [2.24, 2.45) is 5.92 Å². The third-order valence-corrected chi connectivity index (χ3v) is 7.73. The molecule has 3 heterocycles. The maximum Gasteiger partial charge on any atom is 0.225 e. The van der Waals surface area contributed by atoms with E-state index in [-0.39, 0.29) is 17.6 Å². The highest BCUT2D eigenvalue weighted by Crippen LogP contribution is 2.34. The number of benzene rings is 3. The van der Waals surface area contributed by atoms with E-state index in [0.29, 0.717) is 43.4 Å². The highest BCUT2D eigenvalue weighted by atomic mass is 19.1. The minimum Gasteiger partial charge on any atom is -0.486 e. The fourth-order valence-electron chi connectivity index (χ4n) is 5.45. The second kappa shape index (κ2) is 10.2. The smallest absolute Gasteiger partial charge is 0.225 e. The number of carbonyl (C=O) groups is 1. The molecule has 3 aliphatic heterocycles. The third-order valence-electron chi connectivity index (χ3n) is 7.73. The number of anilines is 1. The van der Waals surface area contributed by atoms with Gasteiger partial charge in [-0.2, -0.15) is 0 Å². The molecule has 37 heavy (non-hydrogen) atoms. The van der Waals surface area contributed by atoms with E-state index in [0.717, 1.165) is 48.9 Å². The molecule has 8 heteroatoms. The number of aliphatic hydroxyl groups is 1. The lowest BCUT2D eigenvalue weighted by Crippen LogP contribution is -2.52. The predicted molar refractivity (Wildman–Crippen MR) is 140 cm³/mol. The predicted octanol–water partition coefficient (Wildman–Crippen LogP) is 3.50. The van der Waals surface area contributed by atoms with Gasteiger partial charge in [-0.1, -0.05) is 18.2 Å². The number of hydrogen-bond donors (Lipinski definition) is 2. The third kappa shape index (κ3) is 5.08. The lowest BCUT2D eigenvalue weighted by atomic mass is 9.98. The molecule has 2 fully saturated rings. The van der Waals surface area contributed by atoms with Crippen LogP contribution in [0.5, 0.6) is 11.5 Å². The fourth-order valence-corrected chi connectivity index (χ4v) is 5.45. The van der Waals surface area contributed by atoms with Crippen molar-refractivity contribution >= 4 is 22.4 Å². The van der Waals surface area contributed by atoms with E-state index >= 15 is 0 Å². The number of ether oxygens (including phenoxy) is 2. The van der Waals surface area contributed by atoms with Crippen LogP contribution in [0.3, 0.4) is 0 Å². The van der Waals surface area contributed by atoms with E-state index in [1.807, 2.05) is 36.4 Å². The first-order chi connectivity index (χ1) is 18.0. The molecule has 2 N–H and O–H groups in total. The van der Waals surface area contributed by atoms with Gasteiger partial charge in [-0.15, -0.1) is 0 Å². The van der Waals surface area contributed by atoms with Gasteiger partial charge in [0.15, 0.2) is 11.5 Å². The van der Waals surface area contributed by atoms with Crippen LogP contribution in [-0.4, -0.2) is 67.9 Å². The zero-order chi connectivity index (χ0) is 25.4. The normalized spacial score (nSPS) is 20.9. The second-order valence-electron chi connectivity index (χ2n) is 10.2. The molecule has 3 aromatic carbocycles. The van der Waals surface area contributed by atoms with E-state index in [9.17, 15) is 14.3 Å². The summed E-state index contributed by atoms with van der Waals surface area (Å²) in [7, 11) is 0. The Hall–Kier alpha value is -3.36. The Morgan fingerprint density at radius 3 is 2.59 bits per heavy atom. The zero-order valence-electron chi connectivity index (χ0n) is 20.7. The second-order valence-corrected chi connectivity index (χ2v) is 10.2. The average molecular weight is 506 g/mol. The molecule has 0 aromatic heterocycles. The minimum atomic E-state index is -0.862. The van der Waals surface area contributed by atoms with Crippen LogP contribution in [0.25, 0.3) is 10.8 Å². The molecule has 2 saturated heterocycles. The number of rotatable bonds is 7. The van der Waals surface area contributed by atoms with Crippen LogP contribution in [0.15, 0.2) is 54.6 Å². The number of aliphatic hydroxyl groups excluding tert-OH is 1. The van der Waals surface area contributed by atoms with Crippen LogP contribution >= 0.6 is 0 Å². The molecule has 194 valence electrons. The number of halogens is 1. The van der Waals surface area contributed by atoms with E-state index in [4.69, 9.17) is 9.47 Å². The standard InChI is InChI=1S/C29H32FN3O4/c30-23-5-2-20-15-24(6-3-19(20)14-23)33-11-8-22(17-33)29(35)31-25(18-32-9-1-10-32)28(34)21-4-7-26-27(16-21)37-13-12-36-26/h2-7,14-16,22,25,28,34H,1,8-13,17-18H2,(H,31,35)/t22-,25-,28-/m1/s1. The van der Waals surface area contributed by atoms with Crippen LogP contribution in [0.2, 0.25) is 0 Å². The Morgan fingerprint density at radius 2 is 1.78 bits per heavy atom. The van der Waals surface area contributed by atoms with Crippen molar-refractivity contribution < 1.29 is 23.8 Å². The molecule has 1 amide bonds. The van der Waals surface area contributed by atoms with E-state index in [2.05, 4.69) is 15.1 Å². The van der Waals surface area contributed by atoms with Crippen LogP contribution in [0.4, 0.5) is 10.1 Å². The van der Waals surface area contributed by atoms with E-state index in [1.54, 1.807) is 6.07 Å². The lowest BCUT2D eigenvalue weighted by molar-refractivity contribution is -0.126. The minimum absolute atomic E-state index is 0.0347. The van der Waals surface area contributed by atoms with Gasteiger partial charge in [0.05, 0.1) is 12.0 Å². The number of hydrogen-bond acceptors (Lipinski definition) is 6. The van der Waals surface area contributed by atoms with Crippen molar-refractivity contribution in [1.82, 2.24) is 10.2 Å². The molecular formula is C29H32FN3O4. The van der Waals surface area contributed by atoms with Crippen molar-refractivity contribution in [3.05, 3.63) is 66.0 Å². The Labute approximate surface area is 215 Å². The topological polar surface area (TPSA) is 74.3 Å². The molecular weight excluding hydrogens is 473 g/mol. The summed E-state index contributed by atoms with van der Waals surface area (Å²) >= 11 is 0. The molecule has 0 aliphatic carbocycles. The molecule has 0 bridgehead atoms. The number of carbonyl (C=O) groups excluding carboxylic acids is 1. The lowest BCUT2D eigenvalue weighted by Gasteiger charge is -2.36. The molecule has 0 saturated carbocycles. The summed E-state index contributed by atoms with van der Waals surface area (Å²) in [5.74, 6) is 0.851. The Balaban J connectivity index is 1.14. The first kappa shape index (κ1) is 24.0. The first-order valence-electron chi connectivity index (χ1n) is 13.1. The molecule has 0 radical (unpaired) electrons. The molecule has 3 atom stereocenters. The van der Waals surface area contributed by atoms with E-state index < -0.39 is 12.1 Å².